The monoisotopic (exact) mass is 319 g/mol. The zero-order valence-electron chi connectivity index (χ0n) is 15.5. The average Bonchev–Trinajstić information content (AvgIpc) is 3.19. The third-order valence-electron chi connectivity index (χ3n) is 7.00. The maximum atomic E-state index is 4.76. The quantitative estimate of drug-likeness (QED) is 0.647. The molecule has 24 heavy (non-hydrogen) atoms. The van der Waals surface area contributed by atoms with E-state index in [0.717, 1.165) is 35.4 Å². The predicted molar refractivity (Wildman–Crippen MR) is 102 cm³/mol. The normalized spacial score (nSPS) is 34.8. The maximum absolute atomic E-state index is 4.76. The fraction of sp³-hybridized carbons (Fsp3) is 0.522. The highest BCUT2D eigenvalue weighted by molar-refractivity contribution is 5.83. The summed E-state index contributed by atoms with van der Waals surface area (Å²) in [5.74, 6) is 3.10. The number of hydrogen-bond donors (Lipinski definition) is 0. The molecule has 0 spiro atoms. The maximum Gasteiger partial charge on any atom is 0.0708 e. The van der Waals surface area contributed by atoms with Gasteiger partial charge in [-0.15, -0.1) is 6.58 Å². The summed E-state index contributed by atoms with van der Waals surface area (Å²) in [7, 11) is 0. The molecular weight excluding hydrogens is 290 g/mol. The second kappa shape index (κ2) is 5.44. The topological polar surface area (TPSA) is 12.9 Å². The Hall–Kier alpha value is -1.63. The molecule has 0 bridgehead atoms. The number of fused-ring (bicyclic) bond motifs is 2. The molecule has 5 atom stereocenters. The van der Waals surface area contributed by atoms with Crippen molar-refractivity contribution in [1.29, 1.82) is 0 Å². The molecule has 0 saturated heterocycles. The van der Waals surface area contributed by atoms with Crippen LogP contribution >= 0.6 is 0 Å². The van der Waals surface area contributed by atoms with Crippen molar-refractivity contribution < 1.29 is 0 Å². The van der Waals surface area contributed by atoms with Crippen LogP contribution in [-0.4, -0.2) is 4.98 Å². The van der Waals surface area contributed by atoms with Gasteiger partial charge in [0.25, 0.3) is 0 Å². The number of aromatic nitrogens is 1. The minimum Gasteiger partial charge on any atom is -0.253 e. The van der Waals surface area contributed by atoms with Gasteiger partial charge in [-0.05, 0) is 79.2 Å². The van der Waals surface area contributed by atoms with Gasteiger partial charge in [-0.3, -0.25) is 4.98 Å². The first kappa shape index (κ1) is 15.9. The lowest BCUT2D eigenvalue weighted by molar-refractivity contribution is 0.279. The van der Waals surface area contributed by atoms with Crippen LogP contribution < -0.4 is 0 Å². The first-order valence-corrected chi connectivity index (χ1v) is 9.54. The van der Waals surface area contributed by atoms with Gasteiger partial charge in [-0.1, -0.05) is 32.9 Å². The number of allylic oxidation sites excluding steroid dienone is 1. The van der Waals surface area contributed by atoms with Gasteiger partial charge in [-0.2, -0.15) is 0 Å². The van der Waals surface area contributed by atoms with Crippen molar-refractivity contribution in [2.45, 2.75) is 52.4 Å². The van der Waals surface area contributed by atoms with Gasteiger partial charge in [0.2, 0.25) is 0 Å². The molecule has 1 aromatic carbocycles. The molecule has 0 aliphatic heterocycles. The number of rotatable bonds is 3. The fourth-order valence-electron chi connectivity index (χ4n) is 5.91. The Morgan fingerprint density at radius 2 is 2.08 bits per heavy atom. The summed E-state index contributed by atoms with van der Waals surface area (Å²) in [5.41, 5.74) is 5.64. The Kier molecular flexibility index (Phi) is 3.60. The van der Waals surface area contributed by atoms with Gasteiger partial charge in [0, 0.05) is 16.5 Å². The Bertz CT molecular complexity index is 805. The Balaban J connectivity index is 1.84. The van der Waals surface area contributed by atoms with E-state index in [1.807, 2.05) is 0 Å². The van der Waals surface area contributed by atoms with Crippen LogP contribution in [0.25, 0.3) is 10.9 Å². The van der Waals surface area contributed by atoms with Gasteiger partial charge in [0.1, 0.15) is 0 Å². The second-order valence-electron chi connectivity index (χ2n) is 8.28. The van der Waals surface area contributed by atoms with Gasteiger partial charge in [0.05, 0.1) is 5.52 Å². The molecule has 2 aromatic rings. The number of nitrogens with zero attached hydrogens (tertiary/aromatic N) is 1. The summed E-state index contributed by atoms with van der Waals surface area (Å²) in [6.45, 7) is 13.4. The predicted octanol–water partition coefficient (Wildman–Crippen LogP) is 5.84. The van der Waals surface area contributed by atoms with E-state index >= 15 is 0 Å². The van der Waals surface area contributed by atoms with Crippen molar-refractivity contribution >= 4 is 10.9 Å². The Morgan fingerprint density at radius 3 is 2.79 bits per heavy atom. The molecule has 2 aliphatic carbocycles. The van der Waals surface area contributed by atoms with E-state index in [9.17, 15) is 0 Å². The lowest BCUT2D eigenvalue weighted by atomic mass is 9.72. The molecule has 4 rings (SSSR count). The van der Waals surface area contributed by atoms with Crippen molar-refractivity contribution in [1.82, 2.24) is 4.98 Å². The lowest BCUT2D eigenvalue weighted by Gasteiger charge is -2.32. The molecule has 2 fully saturated rings. The molecule has 0 amide bonds. The Labute approximate surface area is 146 Å². The van der Waals surface area contributed by atoms with E-state index in [-0.39, 0.29) is 0 Å². The summed E-state index contributed by atoms with van der Waals surface area (Å²) in [6, 6.07) is 9.35. The van der Waals surface area contributed by atoms with Crippen LogP contribution in [0.1, 0.15) is 50.4 Å². The number of hydrogen-bond acceptors (Lipinski definition) is 1. The lowest BCUT2D eigenvalue weighted by Crippen LogP contribution is -2.25. The summed E-state index contributed by atoms with van der Waals surface area (Å²) < 4.78 is 0. The highest BCUT2D eigenvalue weighted by Crippen LogP contribution is 2.69. The van der Waals surface area contributed by atoms with E-state index < -0.39 is 0 Å². The van der Waals surface area contributed by atoms with Gasteiger partial charge < -0.3 is 0 Å². The number of pyridine rings is 1. The van der Waals surface area contributed by atoms with E-state index in [1.165, 1.54) is 23.8 Å². The summed E-state index contributed by atoms with van der Waals surface area (Å²) in [6.07, 6.45) is 5.86. The van der Waals surface area contributed by atoms with Gasteiger partial charge >= 0.3 is 0 Å². The molecule has 0 N–H and O–H groups in total. The minimum atomic E-state index is 0.376. The number of aryl methyl sites for hydroxylation is 2. The number of benzene rings is 1. The summed E-state index contributed by atoms with van der Waals surface area (Å²) in [5, 5.41) is 1.36. The molecule has 1 aromatic heterocycles. The van der Waals surface area contributed by atoms with Crippen LogP contribution in [0.4, 0.5) is 0 Å². The van der Waals surface area contributed by atoms with Crippen molar-refractivity contribution in [3.63, 3.8) is 0 Å². The van der Waals surface area contributed by atoms with Crippen LogP contribution in [0.5, 0.6) is 0 Å². The average molecular weight is 319 g/mol. The van der Waals surface area contributed by atoms with Gasteiger partial charge in [0.15, 0.2) is 0 Å². The van der Waals surface area contributed by atoms with E-state index in [4.69, 9.17) is 4.98 Å². The van der Waals surface area contributed by atoms with E-state index in [1.54, 1.807) is 5.56 Å². The van der Waals surface area contributed by atoms with Crippen molar-refractivity contribution in [2.24, 2.45) is 23.7 Å². The van der Waals surface area contributed by atoms with Crippen LogP contribution in [0.3, 0.4) is 0 Å². The van der Waals surface area contributed by atoms with Crippen LogP contribution in [-0.2, 0) is 11.8 Å². The standard InChI is InChI=1S/C23H29N/c1-6-17-10-14(3)22-16(5)23(22,13-17)19-8-9-21-20(12-19)18(7-2)11-15(4)24-21/h6,8-9,11-12,14,16-17,22H,1,7,10,13H2,2-5H3. The molecule has 5 unspecified atom stereocenters. The molecule has 1 nitrogen and oxygen atoms in total. The summed E-state index contributed by atoms with van der Waals surface area (Å²) >= 11 is 0. The molecule has 2 saturated carbocycles. The zero-order chi connectivity index (χ0) is 17.1. The highest BCUT2D eigenvalue weighted by Gasteiger charge is 2.66. The van der Waals surface area contributed by atoms with E-state index in [2.05, 4.69) is 64.6 Å². The third kappa shape index (κ3) is 2.10. The minimum absolute atomic E-state index is 0.376. The molecule has 0 radical (unpaired) electrons. The van der Waals surface area contributed by atoms with Crippen molar-refractivity contribution in [3.05, 3.63) is 53.7 Å². The fourth-order valence-corrected chi connectivity index (χ4v) is 5.91. The van der Waals surface area contributed by atoms with Crippen LogP contribution in [0, 0.1) is 30.6 Å². The first-order chi connectivity index (χ1) is 11.5. The third-order valence-corrected chi connectivity index (χ3v) is 7.00. The molecule has 1 heterocycles. The Morgan fingerprint density at radius 1 is 1.29 bits per heavy atom. The largest absolute Gasteiger partial charge is 0.253 e. The highest BCUT2D eigenvalue weighted by atomic mass is 14.7. The molecule has 1 heteroatoms. The second-order valence-corrected chi connectivity index (χ2v) is 8.28. The molecular formula is C23H29N. The first-order valence-electron chi connectivity index (χ1n) is 9.54. The smallest absolute Gasteiger partial charge is 0.0708 e. The zero-order valence-corrected chi connectivity index (χ0v) is 15.5. The van der Waals surface area contributed by atoms with Crippen molar-refractivity contribution in [2.75, 3.05) is 0 Å². The van der Waals surface area contributed by atoms with E-state index in [0.29, 0.717) is 11.3 Å². The van der Waals surface area contributed by atoms with Crippen LogP contribution in [0.2, 0.25) is 0 Å². The SMILES string of the molecule is C=CC1CC(C)C2C(C)C2(c2ccc3nc(C)cc(CC)c3c2)C1. The molecule has 2 aliphatic rings. The van der Waals surface area contributed by atoms with Crippen LogP contribution in [0.15, 0.2) is 36.9 Å². The summed E-state index contributed by atoms with van der Waals surface area (Å²) in [4.78, 5) is 4.76. The van der Waals surface area contributed by atoms with Gasteiger partial charge in [-0.25, -0.2) is 0 Å². The van der Waals surface area contributed by atoms with Crippen molar-refractivity contribution in [3.8, 4) is 0 Å². The molecule has 126 valence electrons.